The Balaban J connectivity index is 1.77. The molecule has 1 aliphatic carbocycles. The Hall–Kier alpha value is -1.27. The standard InChI is InChI=1S/C14H21N5S/c1-3-7-15-11(9-14-16-18-19(2)17-14)13-8-10-5-4-6-12(10)20-13/h8,11,15H,3-7,9H2,1-2H3. The van der Waals surface area contributed by atoms with Crippen molar-refractivity contribution in [2.24, 2.45) is 7.05 Å². The van der Waals surface area contributed by atoms with Gasteiger partial charge in [0, 0.05) is 22.2 Å². The van der Waals surface area contributed by atoms with Gasteiger partial charge in [0.15, 0.2) is 5.82 Å². The van der Waals surface area contributed by atoms with Crippen molar-refractivity contribution in [2.75, 3.05) is 6.54 Å². The van der Waals surface area contributed by atoms with Crippen molar-refractivity contribution < 1.29 is 0 Å². The van der Waals surface area contributed by atoms with Gasteiger partial charge in [-0.05, 0) is 49.1 Å². The maximum absolute atomic E-state index is 4.31. The lowest BCUT2D eigenvalue weighted by atomic mass is 10.1. The molecule has 1 N–H and O–H groups in total. The van der Waals surface area contributed by atoms with E-state index in [0.29, 0.717) is 6.04 Å². The maximum atomic E-state index is 4.31. The fourth-order valence-corrected chi connectivity index (χ4v) is 4.04. The van der Waals surface area contributed by atoms with E-state index in [1.807, 2.05) is 18.4 Å². The molecule has 2 aromatic heterocycles. The van der Waals surface area contributed by atoms with E-state index in [2.05, 4.69) is 33.7 Å². The molecule has 1 atom stereocenters. The molecule has 20 heavy (non-hydrogen) atoms. The zero-order valence-electron chi connectivity index (χ0n) is 12.1. The fraction of sp³-hybridized carbons (Fsp3) is 0.643. The van der Waals surface area contributed by atoms with Gasteiger partial charge < -0.3 is 5.32 Å². The van der Waals surface area contributed by atoms with Crippen LogP contribution in [0.5, 0.6) is 0 Å². The minimum atomic E-state index is 0.315. The zero-order chi connectivity index (χ0) is 13.9. The molecule has 3 rings (SSSR count). The Morgan fingerprint density at radius 3 is 3.05 bits per heavy atom. The molecule has 1 unspecified atom stereocenters. The first-order valence-electron chi connectivity index (χ1n) is 7.34. The van der Waals surface area contributed by atoms with Gasteiger partial charge in [-0.15, -0.1) is 21.5 Å². The van der Waals surface area contributed by atoms with E-state index in [-0.39, 0.29) is 0 Å². The van der Waals surface area contributed by atoms with Crippen LogP contribution in [0, 0.1) is 0 Å². The quantitative estimate of drug-likeness (QED) is 0.885. The normalized spacial score (nSPS) is 15.5. The number of thiophene rings is 1. The molecule has 5 nitrogen and oxygen atoms in total. The smallest absolute Gasteiger partial charge is 0.176 e. The van der Waals surface area contributed by atoms with E-state index in [9.17, 15) is 0 Å². The summed E-state index contributed by atoms with van der Waals surface area (Å²) in [5.74, 6) is 0.815. The summed E-state index contributed by atoms with van der Waals surface area (Å²) < 4.78 is 0. The SMILES string of the molecule is CCCNC(Cc1nnn(C)n1)c1cc2c(s1)CCC2. The summed E-state index contributed by atoms with van der Waals surface area (Å²) in [4.78, 5) is 4.53. The number of hydrogen-bond acceptors (Lipinski definition) is 5. The van der Waals surface area contributed by atoms with Crippen LogP contribution in [0.25, 0.3) is 0 Å². The molecule has 0 bridgehead atoms. The molecule has 108 valence electrons. The molecular formula is C14H21N5S. The molecule has 6 heteroatoms. The average molecular weight is 291 g/mol. The van der Waals surface area contributed by atoms with Gasteiger partial charge in [-0.25, -0.2) is 0 Å². The van der Waals surface area contributed by atoms with Crippen molar-refractivity contribution in [1.29, 1.82) is 0 Å². The highest BCUT2D eigenvalue weighted by atomic mass is 32.1. The lowest BCUT2D eigenvalue weighted by Crippen LogP contribution is -2.23. The maximum Gasteiger partial charge on any atom is 0.176 e. The van der Waals surface area contributed by atoms with Gasteiger partial charge in [0.25, 0.3) is 0 Å². The number of fused-ring (bicyclic) bond motifs is 1. The number of tetrazole rings is 1. The molecule has 0 saturated heterocycles. The van der Waals surface area contributed by atoms with Crippen molar-refractivity contribution in [2.45, 2.75) is 45.1 Å². The van der Waals surface area contributed by atoms with Crippen LogP contribution >= 0.6 is 11.3 Å². The summed E-state index contributed by atoms with van der Waals surface area (Å²) in [5, 5.41) is 16.0. The van der Waals surface area contributed by atoms with Crippen LogP contribution in [0.3, 0.4) is 0 Å². The van der Waals surface area contributed by atoms with Gasteiger partial charge in [0.05, 0.1) is 7.05 Å². The highest BCUT2D eigenvalue weighted by Crippen LogP contribution is 2.34. The number of nitrogens with one attached hydrogen (secondary N) is 1. The third-order valence-electron chi connectivity index (χ3n) is 3.69. The van der Waals surface area contributed by atoms with Gasteiger partial charge in [-0.2, -0.15) is 4.80 Å². The molecule has 0 fully saturated rings. The first-order chi connectivity index (χ1) is 9.76. The largest absolute Gasteiger partial charge is 0.309 e. The van der Waals surface area contributed by atoms with Crippen LogP contribution in [0.2, 0.25) is 0 Å². The summed E-state index contributed by atoms with van der Waals surface area (Å²) in [6, 6.07) is 2.70. The molecular weight excluding hydrogens is 270 g/mol. The second-order valence-electron chi connectivity index (χ2n) is 5.36. The van der Waals surface area contributed by atoms with Crippen LogP contribution in [0.1, 0.15) is 46.9 Å². The van der Waals surface area contributed by atoms with E-state index in [4.69, 9.17) is 0 Å². The summed E-state index contributed by atoms with van der Waals surface area (Å²) in [7, 11) is 1.81. The van der Waals surface area contributed by atoms with Crippen LogP contribution in [0.15, 0.2) is 6.07 Å². The van der Waals surface area contributed by atoms with Crippen molar-refractivity contribution >= 4 is 11.3 Å². The Kier molecular flexibility index (Phi) is 4.12. The Morgan fingerprint density at radius 2 is 2.35 bits per heavy atom. The highest BCUT2D eigenvalue weighted by Gasteiger charge is 2.21. The summed E-state index contributed by atoms with van der Waals surface area (Å²) in [6.45, 7) is 3.21. The third-order valence-corrected chi connectivity index (χ3v) is 5.04. The van der Waals surface area contributed by atoms with Crippen LogP contribution in [-0.2, 0) is 26.3 Å². The number of aryl methyl sites for hydroxylation is 3. The molecule has 0 saturated carbocycles. The first-order valence-corrected chi connectivity index (χ1v) is 8.15. The fourth-order valence-electron chi connectivity index (χ4n) is 2.70. The predicted molar refractivity (Wildman–Crippen MR) is 79.9 cm³/mol. The third kappa shape index (κ3) is 2.91. The Morgan fingerprint density at radius 1 is 1.45 bits per heavy atom. The molecule has 2 aromatic rings. The molecule has 0 amide bonds. The number of hydrogen-bond donors (Lipinski definition) is 1. The molecule has 0 spiro atoms. The Labute approximate surface area is 123 Å². The number of rotatable bonds is 6. The Bertz CT molecular complexity index is 552. The van der Waals surface area contributed by atoms with Gasteiger partial charge in [0.2, 0.25) is 0 Å². The van der Waals surface area contributed by atoms with Crippen LogP contribution in [0.4, 0.5) is 0 Å². The summed E-state index contributed by atoms with van der Waals surface area (Å²) in [5.41, 5.74) is 1.56. The van der Waals surface area contributed by atoms with Crippen molar-refractivity contribution in [1.82, 2.24) is 25.5 Å². The minimum Gasteiger partial charge on any atom is -0.309 e. The summed E-state index contributed by atoms with van der Waals surface area (Å²) in [6.07, 6.45) is 5.77. The topological polar surface area (TPSA) is 55.6 Å². The minimum absolute atomic E-state index is 0.315. The predicted octanol–water partition coefficient (Wildman–Crippen LogP) is 2.04. The second kappa shape index (κ2) is 6.01. The van der Waals surface area contributed by atoms with E-state index in [1.165, 1.54) is 28.9 Å². The first kappa shape index (κ1) is 13.7. The van der Waals surface area contributed by atoms with E-state index < -0.39 is 0 Å². The lowest BCUT2D eigenvalue weighted by molar-refractivity contribution is 0.523. The van der Waals surface area contributed by atoms with Crippen LogP contribution in [-0.4, -0.2) is 26.8 Å². The lowest BCUT2D eigenvalue weighted by Gasteiger charge is -2.15. The van der Waals surface area contributed by atoms with Gasteiger partial charge in [0.1, 0.15) is 0 Å². The van der Waals surface area contributed by atoms with Gasteiger partial charge >= 0.3 is 0 Å². The van der Waals surface area contributed by atoms with E-state index >= 15 is 0 Å². The van der Waals surface area contributed by atoms with Crippen molar-refractivity contribution in [3.05, 3.63) is 27.2 Å². The highest BCUT2D eigenvalue weighted by molar-refractivity contribution is 7.12. The average Bonchev–Trinajstić information content (AvgIpc) is 3.09. The van der Waals surface area contributed by atoms with Gasteiger partial charge in [-0.1, -0.05) is 6.92 Å². The van der Waals surface area contributed by atoms with E-state index in [0.717, 1.165) is 25.2 Å². The monoisotopic (exact) mass is 291 g/mol. The summed E-state index contributed by atoms with van der Waals surface area (Å²) >= 11 is 1.96. The molecule has 0 aromatic carbocycles. The zero-order valence-corrected chi connectivity index (χ0v) is 12.9. The molecule has 2 heterocycles. The van der Waals surface area contributed by atoms with Crippen molar-refractivity contribution in [3.63, 3.8) is 0 Å². The number of nitrogens with zero attached hydrogens (tertiary/aromatic N) is 4. The number of aromatic nitrogens is 4. The van der Waals surface area contributed by atoms with Crippen LogP contribution < -0.4 is 5.32 Å². The molecule has 0 aliphatic heterocycles. The van der Waals surface area contributed by atoms with Gasteiger partial charge in [-0.3, -0.25) is 0 Å². The van der Waals surface area contributed by atoms with Crippen molar-refractivity contribution in [3.8, 4) is 0 Å². The van der Waals surface area contributed by atoms with E-state index in [1.54, 1.807) is 10.4 Å². The molecule has 0 radical (unpaired) electrons. The molecule has 1 aliphatic rings. The second-order valence-corrected chi connectivity index (χ2v) is 6.53.